The Morgan fingerprint density at radius 2 is 0.619 bits per heavy atom. The maximum atomic E-state index is 2.62. The van der Waals surface area contributed by atoms with Crippen molar-refractivity contribution in [2.45, 2.75) is 107 Å². The second-order valence-electron chi connectivity index (χ2n) is 13.9. The van der Waals surface area contributed by atoms with Crippen molar-refractivity contribution in [1.82, 2.24) is 0 Å². The van der Waals surface area contributed by atoms with Crippen LogP contribution in [0.4, 0.5) is 0 Å². The molecule has 0 aromatic carbocycles. The summed E-state index contributed by atoms with van der Waals surface area (Å²) in [5.41, 5.74) is 6.87. The molecule has 0 saturated heterocycles. The molecule has 0 radical (unpaired) electrons. The van der Waals surface area contributed by atoms with Gasteiger partial charge in [0.15, 0.2) is 0 Å². The van der Waals surface area contributed by atoms with Gasteiger partial charge in [-0.1, -0.05) is 0 Å². The van der Waals surface area contributed by atoms with E-state index in [4.69, 9.17) is 0 Å². The summed E-state index contributed by atoms with van der Waals surface area (Å²) < 4.78 is 7.85. The van der Waals surface area contributed by atoms with E-state index < -0.39 is 53.2 Å². The van der Waals surface area contributed by atoms with Crippen molar-refractivity contribution in [3.05, 3.63) is 84.2 Å². The van der Waals surface area contributed by atoms with Crippen molar-refractivity contribution in [3.63, 3.8) is 0 Å². The molecule has 232 valence electrons. The van der Waals surface area contributed by atoms with Crippen LogP contribution in [0.25, 0.3) is 0 Å². The number of rotatable bonds is 10. The van der Waals surface area contributed by atoms with Gasteiger partial charge in [-0.05, 0) is 0 Å². The van der Waals surface area contributed by atoms with Crippen LogP contribution in [0, 0.1) is 23.7 Å². The van der Waals surface area contributed by atoms with E-state index in [-0.39, 0.29) is 24.8 Å². The van der Waals surface area contributed by atoms with Gasteiger partial charge in [-0.3, -0.25) is 0 Å². The largest absolute Gasteiger partial charge is 1.00 e. The molecule has 0 aromatic heterocycles. The maximum Gasteiger partial charge on any atom is -1.00 e. The van der Waals surface area contributed by atoms with Crippen LogP contribution >= 0.6 is 0 Å². The van der Waals surface area contributed by atoms with Gasteiger partial charge in [0.05, 0.1) is 0 Å². The van der Waals surface area contributed by atoms with E-state index in [1.54, 1.807) is 22.3 Å². The van der Waals surface area contributed by atoms with Gasteiger partial charge in [0.25, 0.3) is 0 Å². The zero-order valence-electron chi connectivity index (χ0n) is 28.7. The molecule has 4 aliphatic rings. The number of halogens is 2. The van der Waals surface area contributed by atoms with Gasteiger partial charge >= 0.3 is 268 Å². The third kappa shape index (κ3) is 9.84. The summed E-state index contributed by atoms with van der Waals surface area (Å²) in [5, 5.41) is 0. The van der Waals surface area contributed by atoms with Gasteiger partial charge < -0.3 is 24.8 Å². The predicted octanol–water partition coefficient (Wildman–Crippen LogP) is 4.66. The standard InChI is InChI=1S/4C8H11.2C2H7Si.2ClH.2Hf/c4*1-7(2)8-5-3-4-6-8;2*1-3-2;;;;/h4*3,5,7H,4H2,1-2H3;2*3H,1-2H3;2*1H;;/q;;;;;;;;2*+1/p-2. The Labute approximate surface area is 290 Å². The molecule has 0 aliphatic heterocycles. The molecule has 0 saturated carbocycles. The molecule has 4 rings (SSSR count). The van der Waals surface area contributed by atoms with Gasteiger partial charge in [-0.25, -0.2) is 0 Å². The van der Waals surface area contributed by atoms with Crippen LogP contribution < -0.4 is 24.8 Å². The zero-order chi connectivity index (χ0) is 29.7. The molecule has 0 nitrogen and oxygen atoms in total. The van der Waals surface area contributed by atoms with Crippen LogP contribution in [-0.2, 0) is 41.2 Å². The topological polar surface area (TPSA) is 0 Å². The average Bonchev–Trinajstić information content (AvgIpc) is 3.66. The second-order valence-corrected chi connectivity index (χ2v) is 67.5. The Morgan fingerprint density at radius 3 is 0.762 bits per heavy atom. The summed E-state index contributed by atoms with van der Waals surface area (Å²) in [5.74, 6) is 1.80. The van der Waals surface area contributed by atoms with Crippen LogP contribution in [0.5, 0.6) is 0 Å². The van der Waals surface area contributed by atoms with E-state index in [0.29, 0.717) is 23.7 Å². The molecule has 0 amide bonds. The van der Waals surface area contributed by atoms with E-state index in [0.717, 1.165) is 0 Å². The minimum absolute atomic E-state index is 0. The summed E-state index contributed by atoms with van der Waals surface area (Å²) in [4.78, 5) is 0. The first kappa shape index (κ1) is 40.7. The molecule has 0 spiro atoms. The molecule has 0 N–H and O–H groups in total. The van der Waals surface area contributed by atoms with Crippen molar-refractivity contribution in [2.75, 3.05) is 0 Å². The number of hydrogen-bond acceptors (Lipinski definition) is 0. The molecular weight excluding hydrogens is 916 g/mol. The van der Waals surface area contributed by atoms with Crippen LogP contribution in [0.2, 0.25) is 26.2 Å². The average molecular weight is 975 g/mol. The molecule has 0 unspecified atom stereocenters. The Balaban J connectivity index is 0.000000401. The van der Waals surface area contributed by atoms with Crippen molar-refractivity contribution in [3.8, 4) is 0 Å². The molecule has 0 fully saturated rings. The van der Waals surface area contributed by atoms with Gasteiger partial charge in [0.2, 0.25) is 0 Å². The maximum absolute atomic E-state index is 2.62. The third-order valence-corrected chi connectivity index (χ3v) is 63.9. The fourth-order valence-corrected chi connectivity index (χ4v) is 66.5. The Morgan fingerprint density at radius 1 is 0.429 bits per heavy atom. The molecule has 4 aliphatic carbocycles. The molecule has 0 aromatic rings. The smallest absolute Gasteiger partial charge is 1.00 e. The summed E-state index contributed by atoms with van der Waals surface area (Å²) in [6.07, 6.45) is 24.7. The quantitative estimate of drug-likeness (QED) is 0.280. The molecular formula is C36H58Cl2Hf2Si2. The fraction of sp³-hybridized carbons (Fsp3) is 0.556. The van der Waals surface area contributed by atoms with E-state index in [2.05, 4.69) is 130 Å². The van der Waals surface area contributed by atoms with E-state index in [1.165, 1.54) is 25.7 Å². The van der Waals surface area contributed by atoms with Crippen LogP contribution in [0.15, 0.2) is 84.2 Å². The number of hydrogen-bond donors (Lipinski definition) is 0. The fourth-order valence-electron chi connectivity index (χ4n) is 7.07. The van der Waals surface area contributed by atoms with E-state index in [9.17, 15) is 0 Å². The minimum atomic E-state index is -1.74. The Bertz CT molecular complexity index is 999. The van der Waals surface area contributed by atoms with Crippen molar-refractivity contribution in [2.24, 2.45) is 23.7 Å². The summed E-state index contributed by atoms with van der Waals surface area (Å²) in [6.45, 7) is 29.5. The van der Waals surface area contributed by atoms with Crippen LogP contribution in [0.1, 0.15) is 81.1 Å². The molecule has 42 heavy (non-hydrogen) atoms. The van der Waals surface area contributed by atoms with Gasteiger partial charge in [-0.15, -0.1) is 0 Å². The van der Waals surface area contributed by atoms with Gasteiger partial charge in [0, 0.05) is 0 Å². The minimum Gasteiger partial charge on any atom is -1.00 e. The summed E-state index contributed by atoms with van der Waals surface area (Å²) >= 11 is -3.48. The first-order chi connectivity index (χ1) is 18.9. The second kappa shape index (κ2) is 18.7. The summed E-state index contributed by atoms with van der Waals surface area (Å²) in [6, 6.07) is 0. The summed E-state index contributed by atoms with van der Waals surface area (Å²) in [7, 11) is 0. The third-order valence-electron chi connectivity index (χ3n) is 8.81. The van der Waals surface area contributed by atoms with Crippen LogP contribution in [-0.4, -0.2) is 12.0 Å². The normalized spacial score (nSPS) is 17.8. The molecule has 0 heterocycles. The monoisotopic (exact) mass is 976 g/mol. The van der Waals surface area contributed by atoms with Crippen molar-refractivity contribution in [1.29, 1.82) is 0 Å². The molecule has 0 atom stereocenters. The van der Waals surface area contributed by atoms with E-state index >= 15 is 0 Å². The van der Waals surface area contributed by atoms with Crippen molar-refractivity contribution < 1.29 is 66.0 Å². The van der Waals surface area contributed by atoms with Gasteiger partial charge in [0.1, 0.15) is 0 Å². The zero-order valence-corrected chi connectivity index (χ0v) is 39.7. The Hall–Kier alpha value is 0.674. The SMILES string of the molecule is CC(C)C1=[C]([Hf+]([C]2=C(C(C)C)C=CC2)[SiH](C)C)CC=C1.CC(C)C1=[C]([Hf+]([C]2=C(C(C)C)C=CC2)[SiH](C)C)CC=C1.[Cl-].[Cl-]. The predicted molar refractivity (Wildman–Crippen MR) is 180 cm³/mol. The Kier molecular flexibility index (Phi) is 18.1. The molecule has 0 bridgehead atoms. The van der Waals surface area contributed by atoms with Gasteiger partial charge in [-0.2, -0.15) is 0 Å². The number of allylic oxidation sites excluding steroid dienone is 16. The first-order valence-electron chi connectivity index (χ1n) is 16.2. The first-order valence-corrected chi connectivity index (χ1v) is 41.6. The van der Waals surface area contributed by atoms with Crippen LogP contribution in [0.3, 0.4) is 0 Å². The van der Waals surface area contributed by atoms with Crippen molar-refractivity contribution >= 4 is 12.0 Å². The molecule has 6 heteroatoms. The van der Waals surface area contributed by atoms with E-state index in [1.807, 2.05) is 13.3 Å².